The van der Waals surface area contributed by atoms with Crippen molar-refractivity contribution in [3.05, 3.63) is 34.6 Å². The summed E-state index contributed by atoms with van der Waals surface area (Å²) in [6, 6.07) is 2.48. The minimum absolute atomic E-state index is 0.0688. The Morgan fingerprint density at radius 3 is 2.48 bits per heavy atom. The van der Waals surface area contributed by atoms with E-state index in [0.717, 1.165) is 6.26 Å². The van der Waals surface area contributed by atoms with E-state index in [1.54, 1.807) is 0 Å². The van der Waals surface area contributed by atoms with Crippen LogP contribution >= 0.6 is 11.6 Å². The van der Waals surface area contributed by atoms with Crippen molar-refractivity contribution in [3.8, 4) is 0 Å². The van der Waals surface area contributed by atoms with Crippen LogP contribution in [0.1, 0.15) is 35.2 Å². The van der Waals surface area contributed by atoms with Crippen LogP contribution in [0.5, 0.6) is 0 Å². The summed E-state index contributed by atoms with van der Waals surface area (Å²) < 4.78 is 25.5. The molecule has 0 amide bonds. The summed E-state index contributed by atoms with van der Waals surface area (Å²) in [5, 5.41) is 10.5. The van der Waals surface area contributed by atoms with E-state index in [4.69, 9.17) is 11.6 Å². The zero-order valence-corrected chi connectivity index (χ0v) is 15.8. The number of hydrogen-bond donors (Lipinski definition) is 0. The van der Waals surface area contributed by atoms with Crippen LogP contribution in [0.3, 0.4) is 0 Å². The number of ketones is 3. The third kappa shape index (κ3) is 3.81. The summed E-state index contributed by atoms with van der Waals surface area (Å²) in [6.45, 7) is -0.0953. The molecule has 0 saturated heterocycles. The molecule has 0 atom stereocenters. The molecule has 1 aliphatic carbocycles. The van der Waals surface area contributed by atoms with Crippen molar-refractivity contribution >= 4 is 38.8 Å². The van der Waals surface area contributed by atoms with Crippen LogP contribution in [0.15, 0.2) is 23.4 Å². The summed E-state index contributed by atoms with van der Waals surface area (Å²) >= 11 is 6.36. The Kier molecular flexibility index (Phi) is 5.20. The van der Waals surface area contributed by atoms with Crippen LogP contribution in [-0.4, -0.2) is 52.2 Å². The van der Waals surface area contributed by atoms with Gasteiger partial charge in [-0.15, -0.1) is 5.10 Å². The quantitative estimate of drug-likeness (QED) is 0.525. The number of aromatic nitrogens is 4. The molecule has 1 aromatic carbocycles. The van der Waals surface area contributed by atoms with Gasteiger partial charge in [0, 0.05) is 30.2 Å². The number of carbonyl (C=O) groups excluding carboxylic acids is 3. The summed E-state index contributed by atoms with van der Waals surface area (Å²) in [7, 11) is -3.66. The first-order chi connectivity index (χ1) is 12.7. The zero-order chi connectivity index (χ0) is 19.8. The van der Waals surface area contributed by atoms with Gasteiger partial charge in [-0.25, -0.2) is 13.1 Å². The molecule has 1 aromatic heterocycles. The Hall–Kier alpha value is -2.46. The van der Waals surface area contributed by atoms with E-state index in [1.165, 1.54) is 23.1 Å². The Morgan fingerprint density at radius 1 is 1.26 bits per heavy atom. The maximum absolute atomic E-state index is 12.8. The van der Waals surface area contributed by atoms with Gasteiger partial charge in [-0.2, -0.15) is 0 Å². The molecule has 0 radical (unpaired) electrons. The molecule has 142 valence electrons. The number of sulfone groups is 1. The maximum atomic E-state index is 12.8. The van der Waals surface area contributed by atoms with Crippen LogP contribution in [0.4, 0.5) is 0 Å². The van der Waals surface area contributed by atoms with E-state index < -0.39 is 33.1 Å². The molecule has 0 spiro atoms. The molecule has 1 saturated carbocycles. The molecule has 0 N–H and O–H groups in total. The van der Waals surface area contributed by atoms with Gasteiger partial charge in [0.25, 0.3) is 0 Å². The van der Waals surface area contributed by atoms with Crippen molar-refractivity contribution in [2.45, 2.75) is 30.7 Å². The predicted octanol–water partition coefficient (Wildman–Crippen LogP) is 0.899. The Labute approximate surface area is 159 Å². The van der Waals surface area contributed by atoms with Crippen molar-refractivity contribution < 1.29 is 22.8 Å². The Morgan fingerprint density at radius 2 is 1.93 bits per heavy atom. The number of nitrogens with zero attached hydrogens (tertiary/aromatic N) is 4. The fourth-order valence-electron chi connectivity index (χ4n) is 3.06. The zero-order valence-electron chi connectivity index (χ0n) is 14.3. The molecule has 9 nitrogen and oxygen atoms in total. The minimum atomic E-state index is -3.66. The number of carbonyl (C=O) groups is 3. The van der Waals surface area contributed by atoms with Crippen LogP contribution in [0.25, 0.3) is 0 Å². The van der Waals surface area contributed by atoms with E-state index in [1.807, 2.05) is 0 Å². The number of tetrazole rings is 1. The number of benzene rings is 1. The summed E-state index contributed by atoms with van der Waals surface area (Å²) in [4.78, 5) is 36.9. The lowest BCUT2D eigenvalue weighted by Crippen LogP contribution is -2.35. The van der Waals surface area contributed by atoms with Crippen LogP contribution in [0.2, 0.25) is 5.02 Å². The number of Topliss-reactive ketones (excluding diaryl/α,β-unsaturated/α-hetero) is 3. The maximum Gasteiger partial charge on any atom is 0.182 e. The monoisotopic (exact) mass is 410 g/mol. The van der Waals surface area contributed by atoms with Crippen LogP contribution < -0.4 is 0 Å². The molecule has 3 rings (SSSR count). The molecular formula is C16H15ClN4O5S. The van der Waals surface area contributed by atoms with Crippen molar-refractivity contribution in [2.24, 2.45) is 5.92 Å². The first-order valence-corrected chi connectivity index (χ1v) is 10.3. The number of hydrogen-bond acceptors (Lipinski definition) is 8. The Balaban J connectivity index is 2.10. The Bertz CT molecular complexity index is 1020. The lowest BCUT2D eigenvalue weighted by Gasteiger charge is -2.20. The highest BCUT2D eigenvalue weighted by molar-refractivity contribution is 7.90. The lowest BCUT2D eigenvalue weighted by atomic mass is 9.81. The normalized spacial score (nSPS) is 15.9. The van der Waals surface area contributed by atoms with Gasteiger partial charge in [0.1, 0.15) is 12.2 Å². The molecule has 11 heteroatoms. The summed E-state index contributed by atoms with van der Waals surface area (Å²) in [6.07, 6.45) is 3.01. The number of rotatable bonds is 5. The van der Waals surface area contributed by atoms with Crippen LogP contribution in [0, 0.1) is 5.92 Å². The van der Waals surface area contributed by atoms with Crippen molar-refractivity contribution in [1.82, 2.24) is 20.2 Å². The van der Waals surface area contributed by atoms with Gasteiger partial charge in [-0.1, -0.05) is 11.6 Å². The standard InChI is InChI=1S/C16H15ClN4O5S/c1-27(25,26)13-6-5-9(15(17)10(13)7-21-8-18-19-20-21)16(24)14-11(22)3-2-4-12(14)23/h5-6,8,14H,2-4,7H2,1H3. The minimum Gasteiger partial charge on any atom is -0.298 e. The van der Waals surface area contributed by atoms with Crippen molar-refractivity contribution in [3.63, 3.8) is 0 Å². The first kappa shape index (κ1) is 19.3. The molecule has 27 heavy (non-hydrogen) atoms. The lowest BCUT2D eigenvalue weighted by molar-refractivity contribution is -0.133. The van der Waals surface area contributed by atoms with Gasteiger partial charge in [0.2, 0.25) is 0 Å². The second-order valence-electron chi connectivity index (χ2n) is 6.27. The van der Waals surface area contributed by atoms with Crippen molar-refractivity contribution in [1.29, 1.82) is 0 Å². The third-order valence-corrected chi connectivity index (χ3v) is 5.94. The fourth-order valence-corrected chi connectivity index (χ4v) is 4.36. The molecule has 1 aliphatic rings. The molecule has 0 bridgehead atoms. The SMILES string of the molecule is CS(=O)(=O)c1ccc(C(=O)C2C(=O)CCCC2=O)c(Cl)c1Cn1cnnn1. The largest absolute Gasteiger partial charge is 0.298 e. The smallest absolute Gasteiger partial charge is 0.182 e. The van der Waals surface area contributed by atoms with Crippen LogP contribution in [-0.2, 0) is 26.0 Å². The van der Waals surface area contributed by atoms with Gasteiger partial charge in [0.05, 0.1) is 16.5 Å². The van der Waals surface area contributed by atoms with Gasteiger partial charge in [-0.3, -0.25) is 14.4 Å². The fraction of sp³-hybridized carbons (Fsp3) is 0.375. The highest BCUT2D eigenvalue weighted by Crippen LogP contribution is 2.32. The molecule has 1 heterocycles. The first-order valence-electron chi connectivity index (χ1n) is 8.02. The van der Waals surface area contributed by atoms with E-state index in [9.17, 15) is 22.8 Å². The summed E-state index contributed by atoms with van der Waals surface area (Å²) in [5.74, 6) is -2.99. The topological polar surface area (TPSA) is 129 Å². The summed E-state index contributed by atoms with van der Waals surface area (Å²) in [5.41, 5.74) is 0.0498. The van der Waals surface area contributed by atoms with Gasteiger partial charge < -0.3 is 0 Å². The van der Waals surface area contributed by atoms with E-state index in [-0.39, 0.29) is 40.4 Å². The molecule has 0 unspecified atom stereocenters. The highest BCUT2D eigenvalue weighted by atomic mass is 35.5. The molecular weight excluding hydrogens is 396 g/mol. The van der Waals surface area contributed by atoms with Gasteiger partial charge in [-0.05, 0) is 29.0 Å². The molecule has 0 aliphatic heterocycles. The highest BCUT2D eigenvalue weighted by Gasteiger charge is 2.38. The van der Waals surface area contributed by atoms with Gasteiger partial charge >= 0.3 is 0 Å². The second kappa shape index (κ2) is 7.28. The van der Waals surface area contributed by atoms with E-state index >= 15 is 0 Å². The average molecular weight is 411 g/mol. The van der Waals surface area contributed by atoms with E-state index in [0.29, 0.717) is 6.42 Å². The molecule has 2 aromatic rings. The van der Waals surface area contributed by atoms with Gasteiger partial charge in [0.15, 0.2) is 27.2 Å². The predicted molar refractivity (Wildman–Crippen MR) is 93.2 cm³/mol. The third-order valence-electron chi connectivity index (χ3n) is 4.33. The average Bonchev–Trinajstić information content (AvgIpc) is 3.08. The second-order valence-corrected chi connectivity index (χ2v) is 8.63. The number of halogens is 1. The molecule has 1 fully saturated rings. The van der Waals surface area contributed by atoms with E-state index in [2.05, 4.69) is 15.5 Å². The van der Waals surface area contributed by atoms with Crippen molar-refractivity contribution in [2.75, 3.05) is 6.26 Å².